The van der Waals surface area contributed by atoms with Gasteiger partial charge in [0, 0.05) is 16.3 Å². The van der Waals surface area contributed by atoms with Gasteiger partial charge in [-0.1, -0.05) is 29.4 Å². The summed E-state index contributed by atoms with van der Waals surface area (Å²) in [5.41, 5.74) is 8.36. The first-order valence-corrected chi connectivity index (χ1v) is 6.12. The highest BCUT2D eigenvalue weighted by molar-refractivity contribution is 8.13. The van der Waals surface area contributed by atoms with Crippen LogP contribution in [0.4, 0.5) is 0 Å². The summed E-state index contributed by atoms with van der Waals surface area (Å²) in [6.45, 7) is 3.55. The predicted octanol–water partition coefficient (Wildman–Crippen LogP) is 2.22. The highest BCUT2D eigenvalue weighted by Gasteiger charge is 2.03. The van der Waals surface area contributed by atoms with Gasteiger partial charge in [-0.2, -0.15) is 0 Å². The van der Waals surface area contributed by atoms with Gasteiger partial charge in [-0.3, -0.25) is 4.79 Å². The Kier molecular flexibility index (Phi) is 5.59. The molecule has 6 heteroatoms. The van der Waals surface area contributed by atoms with Crippen molar-refractivity contribution in [2.24, 2.45) is 10.8 Å². The number of rotatable bonds is 4. The van der Waals surface area contributed by atoms with Crippen molar-refractivity contribution in [3.8, 4) is 0 Å². The van der Waals surface area contributed by atoms with Crippen molar-refractivity contribution < 1.29 is 4.79 Å². The molecule has 0 heterocycles. The number of nitrogens with one attached hydrogen (secondary N) is 1. The number of carbonyl (C=O) groups excluding carboxylic acids is 1. The third kappa shape index (κ3) is 4.93. The number of amides is 1. The lowest BCUT2D eigenvalue weighted by Crippen LogP contribution is -2.21. The number of benzene rings is 1. The summed E-state index contributed by atoms with van der Waals surface area (Å²) in [6.07, 6.45) is 1.70. The maximum atomic E-state index is 11.6. The Morgan fingerprint density at radius 1 is 1.53 bits per heavy atom. The van der Waals surface area contributed by atoms with Crippen molar-refractivity contribution in [2.45, 2.75) is 0 Å². The molecule has 1 aromatic carbocycles. The van der Waals surface area contributed by atoms with Crippen LogP contribution < -0.4 is 11.2 Å². The number of carbonyl (C=O) groups is 1. The van der Waals surface area contributed by atoms with Crippen LogP contribution in [-0.4, -0.2) is 16.8 Å². The van der Waals surface area contributed by atoms with E-state index in [-0.39, 0.29) is 11.1 Å². The fourth-order valence-corrected chi connectivity index (χ4v) is 1.47. The van der Waals surface area contributed by atoms with E-state index < -0.39 is 0 Å². The molecule has 0 radical (unpaired) electrons. The van der Waals surface area contributed by atoms with Gasteiger partial charge in [0.25, 0.3) is 5.91 Å². The van der Waals surface area contributed by atoms with Crippen molar-refractivity contribution in [1.82, 2.24) is 5.43 Å². The van der Waals surface area contributed by atoms with Gasteiger partial charge in [-0.05, 0) is 24.3 Å². The van der Waals surface area contributed by atoms with Gasteiger partial charge < -0.3 is 5.73 Å². The molecule has 1 amide bonds. The third-order valence-corrected chi connectivity index (χ3v) is 2.76. The van der Waals surface area contributed by atoms with E-state index in [9.17, 15) is 4.79 Å². The first kappa shape index (κ1) is 13.6. The van der Waals surface area contributed by atoms with Crippen molar-refractivity contribution in [3.05, 3.63) is 47.5 Å². The number of hydrogen-bond acceptors (Lipinski definition) is 3. The van der Waals surface area contributed by atoms with E-state index in [1.807, 2.05) is 0 Å². The number of hydrazone groups is 1. The number of nitrogens with two attached hydrogens (primary N) is 1. The van der Waals surface area contributed by atoms with E-state index in [4.69, 9.17) is 17.3 Å². The molecule has 1 aromatic rings. The van der Waals surface area contributed by atoms with Crippen LogP contribution in [0.2, 0.25) is 5.02 Å². The van der Waals surface area contributed by atoms with E-state index in [1.54, 1.807) is 30.3 Å². The standard InChI is InChI=1S/C11H12ClN3OS/c1-2-7-17-11(13)15-14-10(16)8-3-5-9(12)6-4-8/h2-6H,1,7H2,(H2,13,15)(H,14,16). The van der Waals surface area contributed by atoms with Gasteiger partial charge in [-0.15, -0.1) is 11.7 Å². The predicted molar refractivity (Wildman–Crippen MR) is 73.2 cm³/mol. The molecule has 0 aliphatic carbocycles. The second-order valence-electron chi connectivity index (χ2n) is 3.00. The van der Waals surface area contributed by atoms with E-state index >= 15 is 0 Å². The molecule has 4 nitrogen and oxygen atoms in total. The fourth-order valence-electron chi connectivity index (χ4n) is 0.948. The average molecular weight is 270 g/mol. The van der Waals surface area contributed by atoms with Crippen LogP contribution >= 0.6 is 23.4 Å². The van der Waals surface area contributed by atoms with E-state index in [0.717, 1.165) is 0 Å². The van der Waals surface area contributed by atoms with Crippen molar-refractivity contribution in [1.29, 1.82) is 0 Å². The van der Waals surface area contributed by atoms with Gasteiger partial charge in [-0.25, -0.2) is 5.43 Å². The van der Waals surface area contributed by atoms with Crippen LogP contribution in [-0.2, 0) is 0 Å². The highest BCUT2D eigenvalue weighted by Crippen LogP contribution is 2.09. The summed E-state index contributed by atoms with van der Waals surface area (Å²) in [4.78, 5) is 11.6. The molecule has 0 aliphatic rings. The molecular formula is C11H12ClN3OS. The Morgan fingerprint density at radius 2 is 2.18 bits per heavy atom. The van der Waals surface area contributed by atoms with E-state index in [0.29, 0.717) is 16.3 Å². The Morgan fingerprint density at radius 3 is 2.76 bits per heavy atom. The molecular weight excluding hydrogens is 258 g/mol. The summed E-state index contributed by atoms with van der Waals surface area (Å²) in [7, 11) is 0. The number of halogens is 1. The number of amidine groups is 1. The van der Waals surface area contributed by atoms with Crippen LogP contribution in [0.5, 0.6) is 0 Å². The maximum Gasteiger partial charge on any atom is 0.271 e. The van der Waals surface area contributed by atoms with Crippen LogP contribution in [0.1, 0.15) is 10.4 Å². The Hall–Kier alpha value is -1.46. The smallest absolute Gasteiger partial charge is 0.271 e. The first-order chi connectivity index (χ1) is 8.13. The largest absolute Gasteiger partial charge is 0.377 e. The SMILES string of the molecule is C=CCS/C(N)=N/NC(=O)c1ccc(Cl)cc1. The van der Waals surface area contributed by atoms with Crippen LogP contribution in [0, 0.1) is 0 Å². The molecule has 0 bridgehead atoms. The van der Waals surface area contributed by atoms with E-state index in [1.165, 1.54) is 11.8 Å². The number of thioether (sulfide) groups is 1. The minimum Gasteiger partial charge on any atom is -0.377 e. The van der Waals surface area contributed by atoms with Crippen molar-refractivity contribution in [2.75, 3.05) is 5.75 Å². The summed E-state index contributed by atoms with van der Waals surface area (Å²) in [5.74, 6) is 0.315. The quantitative estimate of drug-likeness (QED) is 0.381. The second kappa shape index (κ2) is 6.98. The van der Waals surface area contributed by atoms with E-state index in [2.05, 4.69) is 17.1 Å². The van der Waals surface area contributed by atoms with Crippen LogP contribution in [0.25, 0.3) is 0 Å². The molecule has 0 fully saturated rings. The molecule has 0 saturated heterocycles. The molecule has 0 aromatic heterocycles. The molecule has 0 aliphatic heterocycles. The highest BCUT2D eigenvalue weighted by atomic mass is 35.5. The molecule has 0 unspecified atom stereocenters. The lowest BCUT2D eigenvalue weighted by molar-refractivity contribution is 0.0955. The zero-order valence-corrected chi connectivity index (χ0v) is 10.6. The van der Waals surface area contributed by atoms with Crippen LogP contribution in [0.3, 0.4) is 0 Å². The fraction of sp³-hybridized carbons (Fsp3) is 0.0909. The van der Waals surface area contributed by atoms with Gasteiger partial charge >= 0.3 is 0 Å². The molecule has 1 rings (SSSR count). The lowest BCUT2D eigenvalue weighted by Gasteiger charge is -2.01. The Balaban J connectivity index is 2.54. The maximum absolute atomic E-state index is 11.6. The Bertz CT molecular complexity index is 431. The van der Waals surface area contributed by atoms with Gasteiger partial charge in [0.1, 0.15) is 0 Å². The monoisotopic (exact) mass is 269 g/mol. The number of hydrogen-bond donors (Lipinski definition) is 2. The number of nitrogens with zero attached hydrogens (tertiary/aromatic N) is 1. The molecule has 17 heavy (non-hydrogen) atoms. The zero-order chi connectivity index (χ0) is 12.7. The summed E-state index contributed by atoms with van der Waals surface area (Å²) in [6, 6.07) is 6.49. The average Bonchev–Trinajstić information content (AvgIpc) is 2.34. The molecule has 90 valence electrons. The molecule has 3 N–H and O–H groups in total. The molecule has 0 saturated carbocycles. The third-order valence-electron chi connectivity index (χ3n) is 1.72. The van der Waals surface area contributed by atoms with Crippen LogP contribution in [0.15, 0.2) is 42.0 Å². The molecule has 0 atom stereocenters. The topological polar surface area (TPSA) is 67.5 Å². The van der Waals surface area contributed by atoms with Gasteiger partial charge in [0.05, 0.1) is 0 Å². The summed E-state index contributed by atoms with van der Waals surface area (Å²) >= 11 is 7.00. The first-order valence-electron chi connectivity index (χ1n) is 4.76. The van der Waals surface area contributed by atoms with Gasteiger partial charge in [0.2, 0.25) is 0 Å². The van der Waals surface area contributed by atoms with Crippen molar-refractivity contribution >= 4 is 34.4 Å². The minimum atomic E-state index is -0.330. The normalized spacial score (nSPS) is 11.0. The zero-order valence-electron chi connectivity index (χ0n) is 9.02. The molecule has 0 spiro atoms. The minimum absolute atomic E-state index is 0.284. The summed E-state index contributed by atoms with van der Waals surface area (Å²) < 4.78 is 0. The van der Waals surface area contributed by atoms with Gasteiger partial charge in [0.15, 0.2) is 5.17 Å². The lowest BCUT2D eigenvalue weighted by atomic mass is 10.2. The Labute approximate surface area is 109 Å². The van der Waals surface area contributed by atoms with Crippen molar-refractivity contribution in [3.63, 3.8) is 0 Å². The summed E-state index contributed by atoms with van der Waals surface area (Å²) in [5, 5.41) is 4.60. The second-order valence-corrected chi connectivity index (χ2v) is 4.47.